The lowest BCUT2D eigenvalue weighted by molar-refractivity contribution is 0.0527. The molecule has 0 atom stereocenters. The molecule has 0 aromatic carbocycles. The topological polar surface area (TPSA) is 90.9 Å². The first-order valence-electron chi connectivity index (χ1n) is 10.6. The first-order valence-corrected chi connectivity index (χ1v) is 11.4. The van der Waals surface area contributed by atoms with Gasteiger partial charge in [-0.05, 0) is 47.0 Å². The van der Waals surface area contributed by atoms with Crippen LogP contribution in [0.1, 0.15) is 52.7 Å². The zero-order valence-electron chi connectivity index (χ0n) is 18.6. The number of nitrogens with one attached hydrogen (secondary N) is 3. The Morgan fingerprint density at radius 2 is 1.97 bits per heavy atom. The molecule has 1 aromatic heterocycles. The number of aromatic nitrogens is 1. The van der Waals surface area contributed by atoms with Crippen LogP contribution in [0, 0.1) is 0 Å². The highest BCUT2D eigenvalue weighted by molar-refractivity contribution is 14.0. The predicted octanol–water partition coefficient (Wildman–Crippen LogP) is 3.37. The quantitative estimate of drug-likeness (QED) is 0.188. The third kappa shape index (κ3) is 10.6. The summed E-state index contributed by atoms with van der Waals surface area (Å²) in [6, 6.07) is 0. The second-order valence-corrected chi connectivity index (χ2v) is 8.87. The van der Waals surface area contributed by atoms with Gasteiger partial charge < -0.3 is 25.6 Å². The van der Waals surface area contributed by atoms with Gasteiger partial charge in [0.05, 0.1) is 5.69 Å². The van der Waals surface area contributed by atoms with Gasteiger partial charge in [-0.15, -0.1) is 35.3 Å². The molecule has 8 nitrogen and oxygen atoms in total. The van der Waals surface area contributed by atoms with Gasteiger partial charge in [0.15, 0.2) is 11.1 Å². The van der Waals surface area contributed by atoms with E-state index in [-0.39, 0.29) is 30.1 Å². The fourth-order valence-corrected chi connectivity index (χ4v) is 3.80. The lowest BCUT2D eigenvalue weighted by atomic mass is 10.2. The van der Waals surface area contributed by atoms with Gasteiger partial charge in [-0.1, -0.05) is 0 Å². The van der Waals surface area contributed by atoms with Crippen molar-refractivity contribution in [2.45, 2.75) is 59.0 Å². The molecule has 1 fully saturated rings. The summed E-state index contributed by atoms with van der Waals surface area (Å²) in [6.07, 6.45) is 3.78. The number of aliphatic imine (C=N–C) groups is 1. The van der Waals surface area contributed by atoms with Gasteiger partial charge in [0, 0.05) is 51.1 Å². The molecular formula is C20H37IN6O2S. The van der Waals surface area contributed by atoms with E-state index < -0.39 is 5.60 Å². The van der Waals surface area contributed by atoms with Crippen LogP contribution in [0.3, 0.4) is 0 Å². The predicted molar refractivity (Wildman–Crippen MR) is 136 cm³/mol. The fraction of sp³-hybridized carbons (Fsp3) is 0.750. The molecule has 1 aromatic rings. The summed E-state index contributed by atoms with van der Waals surface area (Å²) >= 11 is 1.74. The van der Waals surface area contributed by atoms with Crippen LogP contribution in [0.25, 0.3) is 0 Å². The summed E-state index contributed by atoms with van der Waals surface area (Å²) < 4.78 is 5.21. The summed E-state index contributed by atoms with van der Waals surface area (Å²) in [7, 11) is 0. The van der Waals surface area contributed by atoms with E-state index in [0.717, 1.165) is 55.8 Å². The molecule has 2 rings (SSSR count). The summed E-state index contributed by atoms with van der Waals surface area (Å²) in [5, 5.41) is 12.7. The Kier molecular flexibility index (Phi) is 12.4. The zero-order chi connectivity index (χ0) is 21.1. The summed E-state index contributed by atoms with van der Waals surface area (Å²) in [4.78, 5) is 23.3. The second kappa shape index (κ2) is 13.9. The maximum absolute atomic E-state index is 11.6. The molecule has 1 aliphatic rings. The number of carbonyl (C=O) groups is 1. The number of guanidine groups is 1. The molecule has 1 amide bonds. The number of carbonyl (C=O) groups excluding carboxylic acids is 1. The van der Waals surface area contributed by atoms with Crippen LogP contribution in [0.15, 0.2) is 10.4 Å². The number of hydrogen-bond donors (Lipinski definition) is 3. The van der Waals surface area contributed by atoms with Gasteiger partial charge in [-0.3, -0.25) is 4.99 Å². The molecule has 1 saturated heterocycles. The van der Waals surface area contributed by atoms with Gasteiger partial charge in [0.2, 0.25) is 0 Å². The molecule has 0 radical (unpaired) electrons. The summed E-state index contributed by atoms with van der Waals surface area (Å²) in [6.45, 7) is 12.6. The number of rotatable bonds is 9. The highest BCUT2D eigenvalue weighted by atomic mass is 127. The van der Waals surface area contributed by atoms with E-state index in [4.69, 9.17) is 9.72 Å². The maximum atomic E-state index is 11.6. The number of anilines is 1. The van der Waals surface area contributed by atoms with Gasteiger partial charge >= 0.3 is 6.09 Å². The molecule has 1 aliphatic heterocycles. The molecule has 0 saturated carbocycles. The van der Waals surface area contributed by atoms with Gasteiger partial charge in [0.1, 0.15) is 5.60 Å². The smallest absolute Gasteiger partial charge is 0.407 e. The Labute approximate surface area is 201 Å². The molecule has 0 bridgehead atoms. The number of alkyl carbamates (subject to hydrolysis) is 1. The van der Waals surface area contributed by atoms with Crippen molar-refractivity contribution in [1.29, 1.82) is 0 Å². The Morgan fingerprint density at radius 3 is 2.63 bits per heavy atom. The second-order valence-electron chi connectivity index (χ2n) is 8.04. The number of hydrogen-bond acceptors (Lipinski definition) is 6. The van der Waals surface area contributed by atoms with Crippen molar-refractivity contribution in [3.63, 3.8) is 0 Å². The molecule has 0 aliphatic carbocycles. The minimum Gasteiger partial charge on any atom is -0.444 e. The van der Waals surface area contributed by atoms with Crippen LogP contribution in [0.2, 0.25) is 0 Å². The van der Waals surface area contributed by atoms with Crippen molar-refractivity contribution in [1.82, 2.24) is 20.9 Å². The normalized spacial score (nSPS) is 14.3. The average molecular weight is 553 g/mol. The Morgan fingerprint density at radius 1 is 1.23 bits per heavy atom. The van der Waals surface area contributed by atoms with Crippen LogP contribution in [0.4, 0.5) is 9.93 Å². The van der Waals surface area contributed by atoms with E-state index in [9.17, 15) is 4.79 Å². The highest BCUT2D eigenvalue weighted by Gasteiger charge is 2.16. The number of ether oxygens (including phenoxy) is 1. The van der Waals surface area contributed by atoms with Crippen LogP contribution >= 0.6 is 35.3 Å². The maximum Gasteiger partial charge on any atom is 0.407 e. The van der Waals surface area contributed by atoms with E-state index >= 15 is 0 Å². The number of amides is 1. The molecule has 0 spiro atoms. The number of thiazole rings is 1. The van der Waals surface area contributed by atoms with Crippen LogP contribution in [0.5, 0.6) is 0 Å². The third-order valence-corrected chi connectivity index (χ3v) is 5.16. The van der Waals surface area contributed by atoms with E-state index in [2.05, 4.69) is 31.2 Å². The molecule has 10 heteroatoms. The monoisotopic (exact) mass is 552 g/mol. The first kappa shape index (κ1) is 26.7. The lowest BCUT2D eigenvalue weighted by Crippen LogP contribution is -2.38. The minimum atomic E-state index is -0.475. The third-order valence-electron chi connectivity index (χ3n) is 4.21. The van der Waals surface area contributed by atoms with Crippen molar-refractivity contribution >= 4 is 52.5 Å². The van der Waals surface area contributed by atoms with Gasteiger partial charge in [-0.25, -0.2) is 9.78 Å². The Bertz CT molecular complexity index is 656. The number of nitrogens with zero attached hydrogens (tertiary/aromatic N) is 3. The summed E-state index contributed by atoms with van der Waals surface area (Å²) in [5.41, 5.74) is 0.651. The highest BCUT2D eigenvalue weighted by Crippen LogP contribution is 2.24. The minimum absolute atomic E-state index is 0. The zero-order valence-corrected chi connectivity index (χ0v) is 21.8. The first-order chi connectivity index (χ1) is 13.9. The standard InChI is InChI=1S/C20H36N6O2S.HI/c1-5-21-17(22-10-8-11-24-19(27)28-20(2,3)4)23-12-9-16-15-29-18(25-16)26-13-6-7-14-26;/h15H,5-14H2,1-4H3,(H,24,27)(H2,21,22,23);1H. The molecular weight excluding hydrogens is 515 g/mol. The lowest BCUT2D eigenvalue weighted by Gasteiger charge is -2.19. The molecule has 30 heavy (non-hydrogen) atoms. The van der Waals surface area contributed by atoms with Gasteiger partial charge in [-0.2, -0.15) is 0 Å². The SMILES string of the molecule is CCNC(=NCCCNC(=O)OC(C)(C)C)NCCc1csc(N2CCCC2)n1.I. The van der Waals surface area contributed by atoms with Crippen LogP contribution < -0.4 is 20.9 Å². The van der Waals surface area contributed by atoms with E-state index in [1.54, 1.807) is 11.3 Å². The molecule has 2 heterocycles. The largest absolute Gasteiger partial charge is 0.444 e. The van der Waals surface area contributed by atoms with E-state index in [0.29, 0.717) is 13.1 Å². The van der Waals surface area contributed by atoms with Gasteiger partial charge in [0.25, 0.3) is 0 Å². The van der Waals surface area contributed by atoms with Crippen molar-refractivity contribution in [3.05, 3.63) is 11.1 Å². The average Bonchev–Trinajstić information content (AvgIpc) is 3.31. The van der Waals surface area contributed by atoms with Crippen molar-refractivity contribution in [2.75, 3.05) is 44.2 Å². The van der Waals surface area contributed by atoms with Crippen molar-refractivity contribution in [3.8, 4) is 0 Å². The Hall–Kier alpha value is -1.30. The van der Waals surface area contributed by atoms with Crippen LogP contribution in [-0.4, -0.2) is 61.9 Å². The van der Waals surface area contributed by atoms with E-state index in [1.807, 2.05) is 27.7 Å². The van der Waals surface area contributed by atoms with E-state index in [1.165, 1.54) is 12.8 Å². The number of halogens is 1. The van der Waals surface area contributed by atoms with Crippen LogP contribution in [-0.2, 0) is 11.2 Å². The Balaban J connectivity index is 0.00000450. The molecule has 3 N–H and O–H groups in total. The fourth-order valence-electron chi connectivity index (χ4n) is 2.89. The van der Waals surface area contributed by atoms with Crippen molar-refractivity contribution < 1.29 is 9.53 Å². The molecule has 0 unspecified atom stereocenters. The molecule has 172 valence electrons. The summed E-state index contributed by atoms with van der Waals surface area (Å²) in [5.74, 6) is 0.791. The van der Waals surface area contributed by atoms with Crippen molar-refractivity contribution in [2.24, 2.45) is 4.99 Å².